The van der Waals surface area contributed by atoms with Gasteiger partial charge >= 0.3 is 0 Å². The Balaban J connectivity index is 1.27. The van der Waals surface area contributed by atoms with Gasteiger partial charge < -0.3 is 4.90 Å². The van der Waals surface area contributed by atoms with Gasteiger partial charge in [0.25, 0.3) is 0 Å². The third-order valence-corrected chi connectivity index (χ3v) is 10.6. The Bertz CT molecular complexity index is 2880. The second-order valence-corrected chi connectivity index (χ2v) is 13.8. The van der Waals surface area contributed by atoms with Gasteiger partial charge in [-0.1, -0.05) is 189 Å². The van der Waals surface area contributed by atoms with Gasteiger partial charge in [-0.15, -0.1) is 0 Å². The quantitative estimate of drug-likeness (QED) is 0.113. The van der Waals surface area contributed by atoms with E-state index < -0.39 is 0 Å². The van der Waals surface area contributed by atoms with Crippen LogP contribution in [0.5, 0.6) is 0 Å². The zero-order valence-corrected chi connectivity index (χ0v) is 30.3. The van der Waals surface area contributed by atoms with Gasteiger partial charge in [-0.2, -0.15) is 0 Å². The number of hydrogen-bond acceptors (Lipinski definition) is 1. The monoisotopic (exact) mass is 689 g/mol. The minimum Gasteiger partial charge on any atom is -0.314 e. The predicted octanol–water partition coefficient (Wildman–Crippen LogP) is 14.9. The maximum absolute atomic E-state index is 4.40. The maximum atomic E-state index is 4.40. The summed E-state index contributed by atoms with van der Waals surface area (Å²) < 4.78 is 0. The normalized spacial score (nSPS) is 12.1. The van der Waals surface area contributed by atoms with Crippen molar-refractivity contribution in [2.45, 2.75) is 6.92 Å². The van der Waals surface area contributed by atoms with Crippen molar-refractivity contribution in [1.82, 2.24) is 0 Å². The van der Waals surface area contributed by atoms with Crippen LogP contribution in [0.4, 0.5) is 11.4 Å². The van der Waals surface area contributed by atoms with E-state index in [4.69, 9.17) is 0 Å². The first kappa shape index (κ1) is 32.9. The molecule has 0 heterocycles. The van der Waals surface area contributed by atoms with E-state index in [-0.39, 0.29) is 0 Å². The molecule has 0 spiro atoms. The Hall–Kier alpha value is -6.96. The van der Waals surface area contributed by atoms with Crippen LogP contribution in [0.15, 0.2) is 219 Å². The first-order valence-corrected chi connectivity index (χ1v) is 18.6. The smallest absolute Gasteiger partial charge is 0.0543 e. The molecule has 256 valence electrons. The highest BCUT2D eigenvalue weighted by Crippen LogP contribution is 2.44. The summed E-state index contributed by atoms with van der Waals surface area (Å²) in [5.74, 6) is 0. The van der Waals surface area contributed by atoms with Gasteiger partial charge in [-0.3, -0.25) is 0 Å². The van der Waals surface area contributed by atoms with Crippen molar-refractivity contribution < 1.29 is 0 Å². The minimum atomic E-state index is 1.07. The van der Waals surface area contributed by atoms with Gasteiger partial charge in [-0.05, 0) is 102 Å². The molecule has 9 aromatic carbocycles. The molecule has 0 atom stereocenters. The molecule has 0 aliphatic heterocycles. The molecular formula is C53H39N. The van der Waals surface area contributed by atoms with Gasteiger partial charge in [0.05, 0.1) is 5.69 Å². The molecule has 0 aliphatic carbocycles. The first-order chi connectivity index (χ1) is 26.7. The van der Waals surface area contributed by atoms with E-state index in [0.29, 0.717) is 0 Å². The summed E-state index contributed by atoms with van der Waals surface area (Å²) in [7, 11) is 0. The summed E-state index contributed by atoms with van der Waals surface area (Å²) in [6.45, 7) is 6.61. The van der Waals surface area contributed by atoms with Crippen molar-refractivity contribution in [3.8, 4) is 22.3 Å². The molecule has 0 saturated heterocycles. The molecule has 0 unspecified atom stereocenters. The zero-order valence-electron chi connectivity index (χ0n) is 30.3. The number of allylic oxidation sites excluding steroid dienone is 5. The topological polar surface area (TPSA) is 3.24 Å². The number of fused-ring (bicyclic) bond motifs is 6. The van der Waals surface area contributed by atoms with E-state index >= 15 is 0 Å². The number of hydrogen-bond donors (Lipinski definition) is 0. The molecular weight excluding hydrogens is 651 g/mol. The Morgan fingerprint density at radius 3 is 1.57 bits per heavy atom. The average Bonchev–Trinajstić information content (AvgIpc) is 3.25. The van der Waals surface area contributed by atoms with Crippen molar-refractivity contribution in [1.29, 1.82) is 0 Å². The molecule has 0 radical (unpaired) electrons. The zero-order chi connectivity index (χ0) is 36.4. The third kappa shape index (κ3) is 5.87. The molecule has 0 fully saturated rings. The molecule has 54 heavy (non-hydrogen) atoms. The van der Waals surface area contributed by atoms with Gasteiger partial charge in [0.15, 0.2) is 0 Å². The van der Waals surface area contributed by atoms with E-state index in [1.165, 1.54) is 70.9 Å². The molecule has 0 saturated carbocycles. The second-order valence-electron chi connectivity index (χ2n) is 13.8. The van der Waals surface area contributed by atoms with Crippen LogP contribution in [0, 0.1) is 0 Å². The van der Waals surface area contributed by atoms with Gasteiger partial charge in [-0.25, -0.2) is 0 Å². The largest absolute Gasteiger partial charge is 0.314 e. The number of rotatable bonds is 8. The lowest BCUT2D eigenvalue weighted by Crippen LogP contribution is -2.15. The number of benzene rings is 9. The van der Waals surface area contributed by atoms with Crippen molar-refractivity contribution in [2.24, 2.45) is 0 Å². The molecule has 9 aromatic rings. The number of nitrogens with zero attached hydrogens (tertiary/aromatic N) is 1. The fourth-order valence-corrected chi connectivity index (χ4v) is 8.07. The molecule has 9 rings (SSSR count). The van der Waals surface area contributed by atoms with Crippen LogP contribution in [0.3, 0.4) is 0 Å². The fourth-order valence-electron chi connectivity index (χ4n) is 8.07. The minimum absolute atomic E-state index is 1.07. The molecule has 0 amide bonds. The number of anilines is 2. The molecule has 0 bridgehead atoms. The fraction of sp³-hybridized carbons (Fsp3) is 0.0189. The van der Waals surface area contributed by atoms with Crippen molar-refractivity contribution in [3.63, 3.8) is 0 Å². The highest BCUT2D eigenvalue weighted by atomic mass is 15.1. The Labute approximate surface area is 317 Å². The van der Waals surface area contributed by atoms with Crippen molar-refractivity contribution in [2.75, 3.05) is 4.90 Å². The van der Waals surface area contributed by atoms with Gasteiger partial charge in [0, 0.05) is 16.8 Å². The lowest BCUT2D eigenvalue weighted by Gasteiger charge is -2.28. The van der Waals surface area contributed by atoms with Crippen molar-refractivity contribution in [3.05, 3.63) is 224 Å². The maximum Gasteiger partial charge on any atom is 0.0543 e. The SMILES string of the molecule is C=C/C(=C\C=C(/C)N(c1ccc(-c2ccccc2)cc1)c1cc2ccccc2c2ccccc12)c1c(-c2ccccc2)c2ccccc2c2ccccc12. The van der Waals surface area contributed by atoms with Crippen LogP contribution in [-0.2, 0) is 0 Å². The average molecular weight is 690 g/mol. The Kier molecular flexibility index (Phi) is 8.67. The van der Waals surface area contributed by atoms with E-state index in [1.54, 1.807) is 0 Å². The molecule has 0 aliphatic rings. The molecule has 1 nitrogen and oxygen atoms in total. The highest BCUT2D eigenvalue weighted by Gasteiger charge is 2.19. The molecule has 1 heteroatoms. The van der Waals surface area contributed by atoms with Gasteiger partial charge in [0.2, 0.25) is 0 Å². The lowest BCUT2D eigenvalue weighted by molar-refractivity contribution is 1.17. The highest BCUT2D eigenvalue weighted by molar-refractivity contribution is 6.20. The lowest BCUT2D eigenvalue weighted by atomic mass is 9.84. The Morgan fingerprint density at radius 2 is 0.926 bits per heavy atom. The summed E-state index contributed by atoms with van der Waals surface area (Å²) in [4.78, 5) is 2.40. The summed E-state index contributed by atoms with van der Waals surface area (Å²) >= 11 is 0. The van der Waals surface area contributed by atoms with E-state index in [2.05, 4.69) is 219 Å². The van der Waals surface area contributed by atoms with E-state index in [0.717, 1.165) is 22.6 Å². The Morgan fingerprint density at radius 1 is 0.444 bits per heavy atom. The summed E-state index contributed by atoms with van der Waals surface area (Å²) in [5.41, 5.74) is 10.4. The van der Waals surface area contributed by atoms with Crippen molar-refractivity contribution >= 4 is 60.0 Å². The van der Waals surface area contributed by atoms with Crippen LogP contribution < -0.4 is 4.90 Å². The van der Waals surface area contributed by atoms with Crippen LogP contribution in [0.1, 0.15) is 12.5 Å². The first-order valence-electron chi connectivity index (χ1n) is 18.6. The van der Waals surface area contributed by atoms with Crippen LogP contribution >= 0.6 is 0 Å². The summed E-state index contributed by atoms with van der Waals surface area (Å²) in [5, 5.41) is 9.83. The van der Waals surface area contributed by atoms with E-state index in [1.807, 2.05) is 6.08 Å². The van der Waals surface area contributed by atoms with Gasteiger partial charge in [0.1, 0.15) is 0 Å². The van der Waals surface area contributed by atoms with E-state index in [9.17, 15) is 0 Å². The summed E-state index contributed by atoms with van der Waals surface area (Å²) in [6.07, 6.45) is 6.52. The second kappa shape index (κ2) is 14.2. The standard InChI is InChI=1S/C53H39N/c1-3-38(52-49-28-16-13-25-46(49)47-26-14-17-29-50(47)53(52)41-20-8-5-9-21-41)31-30-37(2)54(43-34-32-40(33-35-43)39-18-6-4-7-19-39)51-36-42-22-10-11-23-44(42)45-24-12-15-27-48(45)51/h3-36H,1H2,2H3/b37-30+,38-31+. The van der Waals surface area contributed by atoms with Crippen LogP contribution in [0.25, 0.3) is 70.9 Å². The molecule has 0 aromatic heterocycles. The van der Waals surface area contributed by atoms with Crippen LogP contribution in [0.2, 0.25) is 0 Å². The molecule has 0 N–H and O–H groups in total. The third-order valence-electron chi connectivity index (χ3n) is 10.6. The van der Waals surface area contributed by atoms with Crippen LogP contribution in [-0.4, -0.2) is 0 Å². The predicted molar refractivity (Wildman–Crippen MR) is 234 cm³/mol. The summed E-state index contributed by atoms with van der Waals surface area (Å²) in [6, 6.07) is 67.6.